The third-order valence-corrected chi connectivity index (χ3v) is 2.89. The number of nitrogens with zero attached hydrogens (tertiary/aromatic N) is 1. The monoisotopic (exact) mass is 277 g/mol. The quantitative estimate of drug-likeness (QED) is 0.760. The zero-order valence-corrected chi connectivity index (χ0v) is 12.1. The largest absolute Gasteiger partial charge is 0.460 e. The molecular weight excluding hydrogens is 258 g/mol. The van der Waals surface area contributed by atoms with E-state index in [-0.39, 0.29) is 0 Å². The summed E-state index contributed by atoms with van der Waals surface area (Å²) in [5.41, 5.74) is 0.836. The van der Waals surface area contributed by atoms with Gasteiger partial charge in [-0.2, -0.15) is 0 Å². The topological polar surface area (TPSA) is 49.8 Å². The van der Waals surface area contributed by atoms with Gasteiger partial charge in [0, 0.05) is 19.6 Å². The van der Waals surface area contributed by atoms with E-state index in [0.717, 1.165) is 10.9 Å². The minimum Gasteiger partial charge on any atom is -0.460 e. The molecule has 0 aliphatic rings. The van der Waals surface area contributed by atoms with Crippen LogP contribution in [0.5, 0.6) is 11.6 Å². The van der Waals surface area contributed by atoms with Crippen LogP contribution in [0.2, 0.25) is 0 Å². The first-order chi connectivity index (χ1) is 9.63. The van der Waals surface area contributed by atoms with Gasteiger partial charge >= 0.3 is 0 Å². The lowest BCUT2D eigenvalue weighted by molar-refractivity contribution is -0.0572. The summed E-state index contributed by atoms with van der Waals surface area (Å²) in [6.07, 6.45) is -0.804. The van der Waals surface area contributed by atoms with Gasteiger partial charge in [0.1, 0.15) is 0 Å². The Balaban J connectivity index is 2.41. The van der Waals surface area contributed by atoms with Crippen LogP contribution in [-0.4, -0.2) is 31.8 Å². The van der Waals surface area contributed by atoms with E-state index in [1.807, 2.05) is 30.3 Å². The van der Waals surface area contributed by atoms with E-state index in [1.165, 1.54) is 0 Å². The smallest absolute Gasteiger partial charge is 0.260 e. The van der Waals surface area contributed by atoms with Crippen molar-refractivity contribution in [3.05, 3.63) is 30.3 Å². The van der Waals surface area contributed by atoms with Crippen molar-refractivity contribution in [2.24, 2.45) is 0 Å². The van der Waals surface area contributed by atoms with Crippen molar-refractivity contribution in [3.63, 3.8) is 0 Å². The van der Waals surface area contributed by atoms with Crippen molar-refractivity contribution >= 4 is 10.9 Å². The lowest BCUT2D eigenvalue weighted by Gasteiger charge is -2.18. The highest BCUT2D eigenvalue weighted by Gasteiger charge is 2.15. The van der Waals surface area contributed by atoms with Gasteiger partial charge in [0.15, 0.2) is 18.3 Å². The number of aromatic nitrogens is 1. The Bertz CT molecular complexity index is 522. The normalized spacial score (nSPS) is 14.0. The first-order valence-corrected chi connectivity index (χ1v) is 6.42. The Morgan fingerprint density at radius 2 is 1.60 bits per heavy atom. The molecule has 2 rings (SSSR count). The summed E-state index contributed by atoms with van der Waals surface area (Å²) in [4.78, 5) is 4.47. The highest BCUT2D eigenvalue weighted by molar-refractivity contribution is 5.81. The maximum Gasteiger partial charge on any atom is 0.260 e. The van der Waals surface area contributed by atoms with E-state index < -0.39 is 12.6 Å². The lowest BCUT2D eigenvalue weighted by Crippen LogP contribution is -2.18. The van der Waals surface area contributed by atoms with Crippen LogP contribution in [0.1, 0.15) is 13.8 Å². The van der Waals surface area contributed by atoms with Crippen molar-refractivity contribution in [1.29, 1.82) is 0 Å². The molecule has 1 aromatic carbocycles. The van der Waals surface area contributed by atoms with Gasteiger partial charge in [-0.15, -0.1) is 0 Å². The van der Waals surface area contributed by atoms with Crippen LogP contribution in [0, 0.1) is 0 Å². The number of fused-ring (bicyclic) bond motifs is 1. The molecule has 0 saturated carbocycles. The molecule has 0 amide bonds. The fourth-order valence-electron chi connectivity index (χ4n) is 1.68. The minimum absolute atomic E-state index is 0.391. The molecule has 20 heavy (non-hydrogen) atoms. The van der Waals surface area contributed by atoms with Gasteiger partial charge in [0.05, 0.1) is 5.52 Å². The summed E-state index contributed by atoms with van der Waals surface area (Å²) in [5.74, 6) is 0.920. The number of hydrogen-bond acceptors (Lipinski definition) is 5. The Kier molecular flexibility index (Phi) is 4.76. The number of ether oxygens (including phenoxy) is 4. The summed E-state index contributed by atoms with van der Waals surface area (Å²) in [5, 5.41) is 0.975. The third-order valence-electron chi connectivity index (χ3n) is 2.89. The van der Waals surface area contributed by atoms with Gasteiger partial charge in [-0.25, -0.2) is 4.98 Å². The Morgan fingerprint density at radius 1 is 0.950 bits per heavy atom. The molecule has 5 heteroatoms. The third kappa shape index (κ3) is 3.37. The zero-order valence-electron chi connectivity index (χ0n) is 12.1. The van der Waals surface area contributed by atoms with Crippen molar-refractivity contribution in [3.8, 4) is 11.6 Å². The number of benzene rings is 1. The molecule has 108 valence electrons. The molecule has 0 fully saturated rings. The summed E-state index contributed by atoms with van der Waals surface area (Å²) in [6.45, 7) is 3.60. The average molecular weight is 277 g/mol. The predicted octanol–water partition coefficient (Wildman–Crippen LogP) is 2.98. The first-order valence-electron chi connectivity index (χ1n) is 6.42. The van der Waals surface area contributed by atoms with Crippen LogP contribution >= 0.6 is 0 Å². The van der Waals surface area contributed by atoms with E-state index in [1.54, 1.807) is 28.1 Å². The highest BCUT2D eigenvalue weighted by Crippen LogP contribution is 2.30. The highest BCUT2D eigenvalue weighted by atomic mass is 16.7. The molecule has 2 unspecified atom stereocenters. The minimum atomic E-state index is -0.413. The number of hydrogen-bond donors (Lipinski definition) is 0. The van der Waals surface area contributed by atoms with Gasteiger partial charge in [-0.1, -0.05) is 18.2 Å². The molecule has 0 aliphatic heterocycles. The fourth-order valence-corrected chi connectivity index (χ4v) is 1.68. The van der Waals surface area contributed by atoms with Crippen LogP contribution < -0.4 is 9.47 Å². The molecule has 0 bridgehead atoms. The second-order valence-electron chi connectivity index (χ2n) is 4.33. The number of methoxy groups -OCH3 is 2. The second kappa shape index (κ2) is 6.54. The van der Waals surface area contributed by atoms with Gasteiger partial charge in [-0.3, -0.25) is 0 Å². The van der Waals surface area contributed by atoms with Gasteiger partial charge < -0.3 is 18.9 Å². The molecule has 1 aromatic heterocycles. The van der Waals surface area contributed by atoms with Crippen molar-refractivity contribution in [2.45, 2.75) is 26.4 Å². The van der Waals surface area contributed by atoms with Crippen LogP contribution in [0.3, 0.4) is 0 Å². The molecule has 5 nitrogen and oxygen atoms in total. The first kappa shape index (κ1) is 14.6. The second-order valence-corrected chi connectivity index (χ2v) is 4.33. The molecular formula is C15H19NO4. The number of para-hydroxylation sites is 1. The lowest BCUT2D eigenvalue weighted by atomic mass is 10.2. The Morgan fingerprint density at radius 3 is 2.30 bits per heavy atom. The predicted molar refractivity (Wildman–Crippen MR) is 75.9 cm³/mol. The summed E-state index contributed by atoms with van der Waals surface area (Å²) < 4.78 is 21.5. The van der Waals surface area contributed by atoms with E-state index in [0.29, 0.717) is 11.6 Å². The molecule has 0 saturated heterocycles. The van der Waals surface area contributed by atoms with Crippen molar-refractivity contribution in [2.75, 3.05) is 14.2 Å². The van der Waals surface area contributed by atoms with Crippen molar-refractivity contribution in [1.82, 2.24) is 4.98 Å². The van der Waals surface area contributed by atoms with E-state index in [2.05, 4.69) is 4.98 Å². The average Bonchev–Trinajstić information content (AvgIpc) is 2.47. The molecule has 1 heterocycles. The van der Waals surface area contributed by atoms with Crippen LogP contribution in [0.4, 0.5) is 0 Å². The molecule has 2 atom stereocenters. The van der Waals surface area contributed by atoms with Gasteiger partial charge in [-0.05, 0) is 26.0 Å². The maximum absolute atomic E-state index is 5.68. The Hall–Kier alpha value is -1.85. The summed E-state index contributed by atoms with van der Waals surface area (Å²) in [6, 6.07) is 9.65. The SMILES string of the molecule is COC(C)Oc1cc2ccccc2nc1OC(C)OC. The zero-order chi connectivity index (χ0) is 14.5. The molecule has 2 aromatic rings. The number of pyridine rings is 1. The van der Waals surface area contributed by atoms with Gasteiger partial charge in [0.25, 0.3) is 5.88 Å². The molecule has 0 aliphatic carbocycles. The van der Waals surface area contributed by atoms with E-state index >= 15 is 0 Å². The number of rotatable bonds is 6. The molecule has 0 spiro atoms. The standard InChI is InChI=1S/C15H19NO4/c1-10(17-3)19-14-9-12-7-5-6-8-13(12)16-15(14)20-11(2)18-4/h5-11H,1-4H3. The van der Waals surface area contributed by atoms with Crippen LogP contribution in [-0.2, 0) is 9.47 Å². The molecule has 0 radical (unpaired) electrons. The summed E-state index contributed by atoms with van der Waals surface area (Å²) in [7, 11) is 3.15. The van der Waals surface area contributed by atoms with Gasteiger partial charge in [0.2, 0.25) is 0 Å². The molecule has 0 N–H and O–H groups in total. The summed E-state index contributed by atoms with van der Waals surface area (Å²) >= 11 is 0. The van der Waals surface area contributed by atoms with Crippen LogP contribution in [0.15, 0.2) is 30.3 Å². The van der Waals surface area contributed by atoms with E-state index in [4.69, 9.17) is 18.9 Å². The van der Waals surface area contributed by atoms with E-state index in [9.17, 15) is 0 Å². The fraction of sp³-hybridized carbons (Fsp3) is 0.400. The van der Waals surface area contributed by atoms with Crippen molar-refractivity contribution < 1.29 is 18.9 Å². The van der Waals surface area contributed by atoms with Crippen LogP contribution in [0.25, 0.3) is 10.9 Å². The maximum atomic E-state index is 5.68. The Labute approximate surface area is 118 Å².